The van der Waals surface area contributed by atoms with E-state index < -0.39 is 5.97 Å². The Morgan fingerprint density at radius 2 is 1.93 bits per heavy atom. The van der Waals surface area contributed by atoms with Gasteiger partial charge in [0.2, 0.25) is 5.91 Å². The Bertz CT molecular complexity index is 1030. The number of hydrogen-bond acceptors (Lipinski definition) is 6. The molecule has 0 spiro atoms. The largest absolute Gasteiger partial charge is 0.462 e. The highest BCUT2D eigenvalue weighted by molar-refractivity contribution is 6.05. The summed E-state index contributed by atoms with van der Waals surface area (Å²) in [6.07, 6.45) is 2.21. The average molecular weight is 378 g/mol. The number of carbonyl (C=O) groups excluding carboxylic acids is 2. The number of esters is 1. The van der Waals surface area contributed by atoms with E-state index in [4.69, 9.17) is 4.74 Å². The molecule has 0 fully saturated rings. The topological polar surface area (TPSA) is 93.2 Å². The number of aromatic nitrogens is 2. The zero-order valence-electron chi connectivity index (χ0n) is 16.1. The van der Waals surface area contributed by atoms with Gasteiger partial charge >= 0.3 is 5.97 Å². The molecular formula is C21H22N4O3. The van der Waals surface area contributed by atoms with Gasteiger partial charge in [-0.15, -0.1) is 0 Å². The van der Waals surface area contributed by atoms with E-state index in [-0.39, 0.29) is 5.91 Å². The molecule has 2 aromatic heterocycles. The molecule has 144 valence electrons. The molecule has 7 heteroatoms. The van der Waals surface area contributed by atoms with Gasteiger partial charge in [0.1, 0.15) is 5.56 Å². The Kier molecular flexibility index (Phi) is 5.84. The summed E-state index contributed by atoms with van der Waals surface area (Å²) in [7, 11) is 0. The first-order chi connectivity index (χ1) is 13.5. The molecule has 0 saturated carbocycles. The number of aryl methyl sites for hydroxylation is 1. The molecule has 28 heavy (non-hydrogen) atoms. The second-order valence-corrected chi connectivity index (χ2v) is 6.39. The van der Waals surface area contributed by atoms with E-state index >= 15 is 0 Å². The Labute approximate surface area is 163 Å². The summed E-state index contributed by atoms with van der Waals surface area (Å²) in [5, 5.41) is 6.73. The highest BCUT2D eigenvalue weighted by atomic mass is 16.5. The lowest BCUT2D eigenvalue weighted by Crippen LogP contribution is -2.11. The number of ether oxygens (including phenoxy) is 1. The fourth-order valence-electron chi connectivity index (χ4n) is 2.76. The van der Waals surface area contributed by atoms with Gasteiger partial charge in [0.15, 0.2) is 5.65 Å². The van der Waals surface area contributed by atoms with Crippen LogP contribution in [0.15, 0.2) is 42.6 Å². The fourth-order valence-corrected chi connectivity index (χ4v) is 2.76. The maximum Gasteiger partial charge on any atom is 0.341 e. The Morgan fingerprint density at radius 3 is 2.68 bits per heavy atom. The molecule has 0 atom stereocenters. The van der Waals surface area contributed by atoms with Gasteiger partial charge in [0.05, 0.1) is 12.3 Å². The van der Waals surface area contributed by atoms with Crippen molar-refractivity contribution < 1.29 is 14.3 Å². The van der Waals surface area contributed by atoms with Crippen LogP contribution in [0.4, 0.5) is 17.1 Å². The van der Waals surface area contributed by atoms with Gasteiger partial charge in [-0.1, -0.05) is 13.0 Å². The van der Waals surface area contributed by atoms with Gasteiger partial charge in [-0.3, -0.25) is 4.79 Å². The van der Waals surface area contributed by atoms with Gasteiger partial charge in [0.25, 0.3) is 0 Å². The molecule has 0 radical (unpaired) electrons. The zero-order valence-corrected chi connectivity index (χ0v) is 16.1. The predicted molar refractivity (Wildman–Crippen MR) is 109 cm³/mol. The van der Waals surface area contributed by atoms with Crippen LogP contribution in [0.1, 0.15) is 36.3 Å². The molecule has 2 N–H and O–H groups in total. The first-order valence-corrected chi connectivity index (χ1v) is 9.06. The van der Waals surface area contributed by atoms with Gasteiger partial charge in [-0.25, -0.2) is 14.8 Å². The summed E-state index contributed by atoms with van der Waals surface area (Å²) in [6, 6.07) is 11.0. The molecule has 3 rings (SSSR count). The third-order valence-corrected chi connectivity index (χ3v) is 3.98. The highest BCUT2D eigenvalue weighted by Gasteiger charge is 2.18. The summed E-state index contributed by atoms with van der Waals surface area (Å²) in [4.78, 5) is 32.6. The standard InChI is InChI=1S/C21H22N4O3/c1-4-10-28-21(27)18-12-22-20-17(9-8-13(2)23-20)19(18)25-16-7-5-6-15(11-16)24-14(3)26/h5-9,11-12H,4,10H2,1-3H3,(H,24,26)(H,22,23,25). The molecule has 7 nitrogen and oxygen atoms in total. The van der Waals surface area contributed by atoms with E-state index in [0.717, 1.165) is 12.1 Å². The SMILES string of the molecule is CCCOC(=O)c1cnc2nc(C)ccc2c1Nc1cccc(NC(C)=O)c1. The van der Waals surface area contributed by atoms with Crippen LogP contribution >= 0.6 is 0 Å². The Hall–Kier alpha value is -3.48. The number of pyridine rings is 2. The fraction of sp³-hybridized carbons (Fsp3) is 0.238. The smallest absolute Gasteiger partial charge is 0.341 e. The molecule has 0 unspecified atom stereocenters. The lowest BCUT2D eigenvalue weighted by Gasteiger charge is -2.15. The van der Waals surface area contributed by atoms with Crippen LogP contribution in [0.25, 0.3) is 11.0 Å². The van der Waals surface area contributed by atoms with Crippen molar-refractivity contribution >= 4 is 40.0 Å². The number of rotatable bonds is 6. The van der Waals surface area contributed by atoms with E-state index in [9.17, 15) is 9.59 Å². The molecule has 2 heterocycles. The van der Waals surface area contributed by atoms with E-state index in [1.54, 1.807) is 12.1 Å². The van der Waals surface area contributed by atoms with E-state index in [1.807, 2.05) is 38.1 Å². The predicted octanol–water partition coefficient (Wildman–Crippen LogP) is 4.21. The summed E-state index contributed by atoms with van der Waals surface area (Å²) in [5.74, 6) is -0.604. The van der Waals surface area contributed by atoms with Crippen LogP contribution in [0.3, 0.4) is 0 Å². The zero-order chi connectivity index (χ0) is 20.1. The average Bonchev–Trinajstić information content (AvgIpc) is 2.66. The summed E-state index contributed by atoms with van der Waals surface area (Å²) < 4.78 is 5.31. The van der Waals surface area contributed by atoms with Crippen molar-refractivity contribution in [1.82, 2.24) is 9.97 Å². The van der Waals surface area contributed by atoms with Crippen LogP contribution in [0.2, 0.25) is 0 Å². The Morgan fingerprint density at radius 1 is 1.14 bits per heavy atom. The molecular weight excluding hydrogens is 356 g/mol. The number of nitrogens with one attached hydrogen (secondary N) is 2. The molecule has 0 bridgehead atoms. The van der Waals surface area contributed by atoms with Crippen molar-refractivity contribution in [3.05, 3.63) is 53.9 Å². The number of nitrogens with zero attached hydrogens (tertiary/aromatic N) is 2. The lowest BCUT2D eigenvalue weighted by atomic mass is 10.1. The summed E-state index contributed by atoms with van der Waals surface area (Å²) in [6.45, 7) is 5.60. The minimum absolute atomic E-state index is 0.157. The second-order valence-electron chi connectivity index (χ2n) is 6.39. The number of carbonyl (C=O) groups is 2. The van der Waals surface area contributed by atoms with E-state index in [2.05, 4.69) is 20.6 Å². The number of benzene rings is 1. The van der Waals surface area contributed by atoms with Crippen molar-refractivity contribution in [2.45, 2.75) is 27.2 Å². The van der Waals surface area contributed by atoms with Crippen LogP contribution in [-0.2, 0) is 9.53 Å². The third kappa shape index (κ3) is 4.43. The van der Waals surface area contributed by atoms with E-state index in [1.165, 1.54) is 13.1 Å². The maximum atomic E-state index is 12.6. The monoisotopic (exact) mass is 378 g/mol. The van der Waals surface area contributed by atoms with Gasteiger partial charge in [0, 0.05) is 35.6 Å². The normalized spacial score (nSPS) is 10.5. The van der Waals surface area contributed by atoms with Crippen LogP contribution in [0, 0.1) is 6.92 Å². The summed E-state index contributed by atoms with van der Waals surface area (Å²) >= 11 is 0. The van der Waals surface area contributed by atoms with Crippen LogP contribution < -0.4 is 10.6 Å². The minimum Gasteiger partial charge on any atom is -0.462 e. The third-order valence-electron chi connectivity index (χ3n) is 3.98. The molecule has 1 amide bonds. The first-order valence-electron chi connectivity index (χ1n) is 9.06. The first kappa shape index (κ1) is 19.3. The second kappa shape index (κ2) is 8.47. The number of hydrogen-bond donors (Lipinski definition) is 2. The number of anilines is 3. The molecule has 3 aromatic rings. The van der Waals surface area contributed by atoms with Crippen molar-refractivity contribution in [3.63, 3.8) is 0 Å². The molecule has 1 aromatic carbocycles. The van der Waals surface area contributed by atoms with Crippen LogP contribution in [-0.4, -0.2) is 28.5 Å². The van der Waals surface area contributed by atoms with Crippen molar-refractivity contribution in [1.29, 1.82) is 0 Å². The molecule has 0 saturated heterocycles. The van der Waals surface area contributed by atoms with Crippen molar-refractivity contribution in [2.75, 3.05) is 17.2 Å². The number of fused-ring (bicyclic) bond motifs is 1. The van der Waals surface area contributed by atoms with Gasteiger partial charge in [-0.05, 0) is 43.7 Å². The van der Waals surface area contributed by atoms with Crippen LogP contribution in [0.5, 0.6) is 0 Å². The molecule has 0 aliphatic carbocycles. The summed E-state index contributed by atoms with van der Waals surface area (Å²) in [5.41, 5.74) is 3.63. The van der Waals surface area contributed by atoms with E-state index in [0.29, 0.717) is 40.3 Å². The minimum atomic E-state index is -0.447. The van der Waals surface area contributed by atoms with Crippen molar-refractivity contribution in [2.24, 2.45) is 0 Å². The van der Waals surface area contributed by atoms with Gasteiger partial charge < -0.3 is 15.4 Å². The highest BCUT2D eigenvalue weighted by Crippen LogP contribution is 2.30. The van der Waals surface area contributed by atoms with Gasteiger partial charge in [-0.2, -0.15) is 0 Å². The quantitative estimate of drug-likeness (QED) is 0.624. The molecule has 0 aliphatic heterocycles. The molecule has 0 aliphatic rings. The van der Waals surface area contributed by atoms with Crippen molar-refractivity contribution in [3.8, 4) is 0 Å². The maximum absolute atomic E-state index is 12.6. The number of amides is 1. The lowest BCUT2D eigenvalue weighted by molar-refractivity contribution is -0.114. The Balaban J connectivity index is 2.06.